The number of quaternary nitrogens is 1. The van der Waals surface area contributed by atoms with Gasteiger partial charge in [-0.15, -0.1) is 0 Å². The standard InChI is InChI=1S/C71H125N2O7P/c1-7-10-13-16-19-22-25-28-30-32-33-34-35-36-37-38-39-41-43-46-49-52-55-58-61-64-71(75)80-69(62-59-56-53-50-47-44-27-24-21-18-15-12-9-3)68(67-79-81(76,77)78-66-65-73(4,5)6)72-70(74)63-60-57-54-51-48-45-42-40-31-29-26-23-20-17-14-11-8-2/h11,14,19-20,22-23,28-31,33-34,42,45,51,54,59,62,68-69H,7-10,12-13,15-18,21,24-27,32,35-41,43-44,46-50,52-53,55-58,60-61,63-67H2,1-6H3,(H-,72,74,76,77)/b14-11-,22-19-,23-20-,30-28-,31-29-,34-33-,45-42-,54-51-,62-59-. The van der Waals surface area contributed by atoms with E-state index in [1.54, 1.807) is 0 Å². The summed E-state index contributed by atoms with van der Waals surface area (Å²) < 4.78 is 30.3. The lowest BCUT2D eigenvalue weighted by molar-refractivity contribution is -0.870. The zero-order valence-electron chi connectivity index (χ0n) is 53.2. The third-order valence-corrected chi connectivity index (χ3v) is 15.2. The molecule has 466 valence electrons. The zero-order chi connectivity index (χ0) is 59.3. The molecule has 1 N–H and O–H groups in total. The molecule has 0 aliphatic carbocycles. The molecule has 0 aliphatic heterocycles. The quantitative estimate of drug-likeness (QED) is 0.0212. The molecule has 0 fully saturated rings. The normalized spacial score (nSPS) is 14.3. The summed E-state index contributed by atoms with van der Waals surface area (Å²) in [6.07, 6.45) is 82.1. The molecule has 0 saturated carbocycles. The van der Waals surface area contributed by atoms with Gasteiger partial charge in [0, 0.05) is 12.8 Å². The predicted octanol–water partition coefficient (Wildman–Crippen LogP) is 20.3. The fourth-order valence-corrected chi connectivity index (χ4v) is 9.82. The summed E-state index contributed by atoms with van der Waals surface area (Å²) in [6, 6.07) is -0.926. The number of nitrogens with one attached hydrogen (secondary N) is 1. The van der Waals surface area contributed by atoms with Gasteiger partial charge in [0.15, 0.2) is 0 Å². The highest BCUT2D eigenvalue weighted by Crippen LogP contribution is 2.38. The molecule has 3 unspecified atom stereocenters. The SMILES string of the molecule is CC/C=C\C/C=C\C/C=C\C/C=C\C/C=C\CCCC(=O)NC(COP(=O)([O-])OCC[N+](C)(C)C)C(/C=C\CCCCCCCCCCCCC)OC(=O)CCCCCCCCCCCCCC/C=C\C/C=C\C/C=C\CCCCC. The monoisotopic (exact) mass is 1150 g/mol. The highest BCUT2D eigenvalue weighted by Gasteiger charge is 2.27. The minimum absolute atomic E-state index is 0.0378. The highest BCUT2D eigenvalue weighted by atomic mass is 31.2. The van der Waals surface area contributed by atoms with E-state index in [4.69, 9.17) is 13.8 Å². The van der Waals surface area contributed by atoms with Crippen molar-refractivity contribution in [1.82, 2.24) is 5.32 Å². The number of esters is 1. The first-order valence-electron chi connectivity index (χ1n) is 33.2. The summed E-state index contributed by atoms with van der Waals surface area (Å²) in [5.41, 5.74) is 0. The van der Waals surface area contributed by atoms with Crippen molar-refractivity contribution in [3.05, 3.63) is 109 Å². The van der Waals surface area contributed by atoms with E-state index in [1.165, 1.54) is 141 Å². The molecule has 0 saturated heterocycles. The van der Waals surface area contributed by atoms with Crippen molar-refractivity contribution in [1.29, 1.82) is 0 Å². The van der Waals surface area contributed by atoms with E-state index in [1.807, 2.05) is 33.3 Å². The fraction of sp³-hybridized carbons (Fsp3) is 0.718. The number of likely N-dealkylation sites (N-methyl/N-ethyl adjacent to an activating group) is 1. The van der Waals surface area contributed by atoms with Crippen molar-refractivity contribution in [2.24, 2.45) is 0 Å². The molecule has 1 amide bonds. The van der Waals surface area contributed by atoms with Crippen LogP contribution in [0.2, 0.25) is 0 Å². The van der Waals surface area contributed by atoms with Crippen LogP contribution in [-0.4, -0.2) is 69.4 Å². The van der Waals surface area contributed by atoms with E-state index in [0.717, 1.165) is 96.3 Å². The average Bonchev–Trinajstić information content (AvgIpc) is 3.44. The van der Waals surface area contributed by atoms with Crippen molar-refractivity contribution in [3.63, 3.8) is 0 Å². The minimum atomic E-state index is -4.72. The van der Waals surface area contributed by atoms with Gasteiger partial charge in [0.05, 0.1) is 33.8 Å². The van der Waals surface area contributed by atoms with Crippen LogP contribution in [0.15, 0.2) is 109 Å². The van der Waals surface area contributed by atoms with Crippen molar-refractivity contribution < 1.29 is 37.3 Å². The molecule has 0 radical (unpaired) electrons. The number of ether oxygens (including phenoxy) is 1. The van der Waals surface area contributed by atoms with Crippen LogP contribution in [0.5, 0.6) is 0 Å². The summed E-state index contributed by atoms with van der Waals surface area (Å²) in [4.78, 5) is 40.1. The first kappa shape index (κ1) is 77.7. The van der Waals surface area contributed by atoms with Crippen molar-refractivity contribution >= 4 is 19.7 Å². The zero-order valence-corrected chi connectivity index (χ0v) is 54.1. The molecule has 10 heteroatoms. The Morgan fingerprint density at radius 2 is 0.802 bits per heavy atom. The van der Waals surface area contributed by atoms with E-state index >= 15 is 0 Å². The summed E-state index contributed by atoms with van der Waals surface area (Å²) in [5.74, 6) is -0.612. The molecule has 0 heterocycles. The maximum Gasteiger partial charge on any atom is 0.306 e. The van der Waals surface area contributed by atoms with E-state index in [9.17, 15) is 19.0 Å². The number of rotatable bonds is 59. The minimum Gasteiger partial charge on any atom is -0.756 e. The molecule has 9 nitrogen and oxygen atoms in total. The van der Waals surface area contributed by atoms with Crippen LogP contribution in [0.1, 0.15) is 278 Å². The second-order valence-corrected chi connectivity index (χ2v) is 24.6. The maximum absolute atomic E-state index is 13.5. The smallest absolute Gasteiger partial charge is 0.306 e. The van der Waals surface area contributed by atoms with Gasteiger partial charge in [0.1, 0.15) is 19.3 Å². The Kier molecular flexibility index (Phi) is 57.4. The molecule has 0 aliphatic rings. The third-order valence-electron chi connectivity index (χ3n) is 14.2. The highest BCUT2D eigenvalue weighted by molar-refractivity contribution is 7.45. The van der Waals surface area contributed by atoms with Crippen molar-refractivity contribution in [3.8, 4) is 0 Å². The molecular weight excluding hydrogens is 1020 g/mol. The first-order valence-corrected chi connectivity index (χ1v) is 34.7. The maximum atomic E-state index is 13.5. The second-order valence-electron chi connectivity index (χ2n) is 23.2. The molecule has 0 aromatic carbocycles. The lowest BCUT2D eigenvalue weighted by atomic mass is 10.0. The third kappa shape index (κ3) is 61.1. The van der Waals surface area contributed by atoms with E-state index in [2.05, 4.69) is 123 Å². The van der Waals surface area contributed by atoms with Crippen LogP contribution in [0.4, 0.5) is 0 Å². The van der Waals surface area contributed by atoms with Crippen LogP contribution in [0, 0.1) is 0 Å². The number of unbranched alkanes of at least 4 members (excludes halogenated alkanes) is 27. The number of phosphoric ester groups is 1. The lowest BCUT2D eigenvalue weighted by Gasteiger charge is -2.30. The van der Waals surface area contributed by atoms with Gasteiger partial charge in [0.2, 0.25) is 5.91 Å². The Hall–Kier alpha value is -3.33. The number of carbonyl (C=O) groups excluding carboxylic acids is 2. The van der Waals surface area contributed by atoms with Crippen LogP contribution in [0.25, 0.3) is 0 Å². The van der Waals surface area contributed by atoms with Gasteiger partial charge >= 0.3 is 5.97 Å². The number of nitrogens with zero attached hydrogens (tertiary/aromatic N) is 1. The predicted molar refractivity (Wildman–Crippen MR) is 348 cm³/mol. The summed E-state index contributed by atoms with van der Waals surface area (Å²) in [5, 5.41) is 3.00. The van der Waals surface area contributed by atoms with Crippen molar-refractivity contribution in [2.45, 2.75) is 290 Å². The molecular formula is C71H125N2O7P. The van der Waals surface area contributed by atoms with Crippen LogP contribution < -0.4 is 10.2 Å². The van der Waals surface area contributed by atoms with Crippen LogP contribution in [0.3, 0.4) is 0 Å². The van der Waals surface area contributed by atoms with Gasteiger partial charge in [0.25, 0.3) is 7.82 Å². The number of hydrogen-bond acceptors (Lipinski definition) is 7. The molecule has 0 rings (SSSR count). The Morgan fingerprint density at radius 3 is 1.23 bits per heavy atom. The molecule has 0 bridgehead atoms. The molecule has 0 aromatic rings. The Bertz CT molecular complexity index is 1750. The summed E-state index contributed by atoms with van der Waals surface area (Å²) in [6.45, 7) is 6.66. The molecule has 0 aromatic heterocycles. The largest absolute Gasteiger partial charge is 0.756 e. The van der Waals surface area contributed by atoms with E-state index in [-0.39, 0.29) is 31.3 Å². The topological polar surface area (TPSA) is 114 Å². The average molecular weight is 1150 g/mol. The Labute approximate surface area is 500 Å². The van der Waals surface area contributed by atoms with Crippen molar-refractivity contribution in [2.75, 3.05) is 40.9 Å². The van der Waals surface area contributed by atoms with Gasteiger partial charge in [-0.3, -0.25) is 14.2 Å². The van der Waals surface area contributed by atoms with E-state index in [0.29, 0.717) is 17.4 Å². The number of allylic oxidation sites excluding steroid dienone is 17. The Balaban J connectivity index is 5.23. The summed E-state index contributed by atoms with van der Waals surface area (Å²) >= 11 is 0. The summed E-state index contributed by atoms with van der Waals surface area (Å²) in [7, 11) is 1.14. The number of carbonyl (C=O) groups is 2. The fourth-order valence-electron chi connectivity index (χ4n) is 9.09. The van der Waals surface area contributed by atoms with Gasteiger partial charge in [-0.05, 0) is 109 Å². The molecule has 3 atom stereocenters. The molecule has 0 spiro atoms. The van der Waals surface area contributed by atoms with Gasteiger partial charge in [-0.25, -0.2) is 0 Å². The van der Waals surface area contributed by atoms with Gasteiger partial charge in [-0.2, -0.15) is 0 Å². The second kappa shape index (κ2) is 59.8. The van der Waals surface area contributed by atoms with Crippen LogP contribution >= 0.6 is 7.82 Å². The number of phosphoric acid groups is 1. The van der Waals surface area contributed by atoms with E-state index < -0.39 is 26.6 Å². The Morgan fingerprint density at radius 1 is 0.444 bits per heavy atom. The number of amides is 1. The van der Waals surface area contributed by atoms with Crippen LogP contribution in [-0.2, 0) is 27.9 Å². The van der Waals surface area contributed by atoms with Gasteiger partial charge < -0.3 is 28.5 Å². The lowest BCUT2D eigenvalue weighted by Crippen LogP contribution is -2.47. The van der Waals surface area contributed by atoms with Gasteiger partial charge in [-0.1, -0.05) is 265 Å². The number of hydrogen-bond donors (Lipinski definition) is 1. The first-order chi connectivity index (χ1) is 39.4. The molecule has 81 heavy (non-hydrogen) atoms.